The van der Waals surface area contributed by atoms with Gasteiger partial charge >= 0.3 is 5.97 Å². The predicted molar refractivity (Wildman–Crippen MR) is 64.3 cm³/mol. The third-order valence-corrected chi connectivity index (χ3v) is 2.53. The SMILES string of the molecule is CN[C@H](C(=O)CN[C@@H](CC(=O)O)C(C)=O)C(C)O. The van der Waals surface area contributed by atoms with Crippen LogP contribution < -0.4 is 10.6 Å². The minimum Gasteiger partial charge on any atom is -0.481 e. The van der Waals surface area contributed by atoms with Gasteiger partial charge in [-0.15, -0.1) is 0 Å². The Morgan fingerprint density at radius 3 is 2.17 bits per heavy atom. The van der Waals surface area contributed by atoms with Crippen molar-refractivity contribution in [2.75, 3.05) is 13.6 Å². The van der Waals surface area contributed by atoms with Crippen LogP contribution in [0.5, 0.6) is 0 Å². The van der Waals surface area contributed by atoms with E-state index < -0.39 is 24.2 Å². The average molecular weight is 260 g/mol. The van der Waals surface area contributed by atoms with E-state index in [4.69, 9.17) is 5.11 Å². The molecule has 7 heteroatoms. The maximum atomic E-state index is 11.7. The summed E-state index contributed by atoms with van der Waals surface area (Å²) >= 11 is 0. The van der Waals surface area contributed by atoms with Gasteiger partial charge in [-0.1, -0.05) is 0 Å². The molecule has 3 atom stereocenters. The number of carbonyl (C=O) groups excluding carboxylic acids is 2. The first-order valence-electron chi connectivity index (χ1n) is 5.63. The number of Topliss-reactive ketones (excluding diaryl/α,β-unsaturated/α-hetero) is 2. The van der Waals surface area contributed by atoms with E-state index in [9.17, 15) is 19.5 Å². The molecular weight excluding hydrogens is 240 g/mol. The lowest BCUT2D eigenvalue weighted by Crippen LogP contribution is -2.49. The van der Waals surface area contributed by atoms with Crippen molar-refractivity contribution in [2.45, 2.75) is 38.5 Å². The van der Waals surface area contributed by atoms with Gasteiger partial charge in [-0.2, -0.15) is 0 Å². The number of nitrogens with one attached hydrogen (secondary N) is 2. The van der Waals surface area contributed by atoms with Gasteiger partial charge in [0.2, 0.25) is 0 Å². The van der Waals surface area contributed by atoms with Crippen LogP contribution in [-0.2, 0) is 14.4 Å². The summed E-state index contributed by atoms with van der Waals surface area (Å²) in [5.41, 5.74) is 0. The fourth-order valence-corrected chi connectivity index (χ4v) is 1.54. The standard InChI is InChI=1S/C11H20N2O5/c1-6(14)8(4-10(17)18)13-5-9(16)11(12-3)7(2)15/h7-8,11-13,15H,4-5H2,1-3H3,(H,17,18)/t7?,8-,11-/m0/s1. The van der Waals surface area contributed by atoms with E-state index in [0.29, 0.717) is 0 Å². The molecule has 18 heavy (non-hydrogen) atoms. The highest BCUT2D eigenvalue weighted by molar-refractivity contribution is 5.89. The maximum absolute atomic E-state index is 11.7. The van der Waals surface area contributed by atoms with Gasteiger partial charge in [0, 0.05) is 0 Å². The highest BCUT2D eigenvalue weighted by atomic mass is 16.4. The smallest absolute Gasteiger partial charge is 0.305 e. The van der Waals surface area contributed by atoms with Crippen LogP contribution in [0.2, 0.25) is 0 Å². The topological polar surface area (TPSA) is 116 Å². The van der Waals surface area contributed by atoms with E-state index >= 15 is 0 Å². The molecule has 0 saturated heterocycles. The number of aliphatic hydroxyl groups excluding tert-OH is 1. The molecule has 0 aliphatic rings. The van der Waals surface area contributed by atoms with Gasteiger partial charge in [0.1, 0.15) is 5.78 Å². The zero-order chi connectivity index (χ0) is 14.3. The molecule has 0 aromatic carbocycles. The Morgan fingerprint density at radius 1 is 1.28 bits per heavy atom. The van der Waals surface area contributed by atoms with Crippen LogP contribution in [-0.4, -0.2) is 59.5 Å². The Labute approximate surface area is 106 Å². The average Bonchev–Trinajstić information content (AvgIpc) is 2.23. The van der Waals surface area contributed by atoms with Gasteiger partial charge in [0.25, 0.3) is 0 Å². The first-order valence-corrected chi connectivity index (χ1v) is 5.63. The molecule has 0 heterocycles. The van der Waals surface area contributed by atoms with Crippen molar-refractivity contribution in [3.05, 3.63) is 0 Å². The van der Waals surface area contributed by atoms with Gasteiger partial charge in [-0.3, -0.25) is 14.4 Å². The molecule has 104 valence electrons. The summed E-state index contributed by atoms with van der Waals surface area (Å²) in [4.78, 5) is 33.4. The van der Waals surface area contributed by atoms with Crippen molar-refractivity contribution in [1.82, 2.24) is 10.6 Å². The molecule has 4 N–H and O–H groups in total. The normalized spacial score (nSPS) is 15.8. The predicted octanol–water partition coefficient (Wildman–Crippen LogP) is -1.45. The van der Waals surface area contributed by atoms with Crippen LogP contribution in [0.4, 0.5) is 0 Å². The van der Waals surface area contributed by atoms with Crippen molar-refractivity contribution in [3.8, 4) is 0 Å². The monoisotopic (exact) mass is 260 g/mol. The Balaban J connectivity index is 4.38. The molecule has 0 spiro atoms. The second-order valence-electron chi connectivity index (χ2n) is 4.12. The molecule has 0 radical (unpaired) electrons. The molecule has 0 bridgehead atoms. The third-order valence-electron chi connectivity index (χ3n) is 2.53. The highest BCUT2D eigenvalue weighted by Crippen LogP contribution is 1.97. The number of hydrogen-bond donors (Lipinski definition) is 4. The van der Waals surface area contributed by atoms with Crippen molar-refractivity contribution in [1.29, 1.82) is 0 Å². The Kier molecular flexibility index (Phi) is 7.33. The van der Waals surface area contributed by atoms with Gasteiger partial charge in [0.15, 0.2) is 5.78 Å². The molecule has 0 rings (SSSR count). The first-order chi connectivity index (χ1) is 8.29. The lowest BCUT2D eigenvalue weighted by molar-refractivity contribution is -0.139. The minimum absolute atomic E-state index is 0.173. The summed E-state index contributed by atoms with van der Waals surface area (Å²) in [6.07, 6.45) is -1.24. The summed E-state index contributed by atoms with van der Waals surface area (Å²) in [6, 6.07) is -1.63. The summed E-state index contributed by atoms with van der Waals surface area (Å²) < 4.78 is 0. The van der Waals surface area contributed by atoms with E-state index in [2.05, 4.69) is 10.6 Å². The number of carboxylic acid groups (broad SMARTS) is 1. The van der Waals surface area contributed by atoms with Gasteiger partial charge in [-0.05, 0) is 20.9 Å². The molecule has 0 aromatic heterocycles. The van der Waals surface area contributed by atoms with E-state index in [1.54, 1.807) is 0 Å². The fourth-order valence-electron chi connectivity index (χ4n) is 1.54. The van der Waals surface area contributed by atoms with Gasteiger partial charge < -0.3 is 20.8 Å². The van der Waals surface area contributed by atoms with E-state index in [1.807, 2.05) is 0 Å². The third kappa shape index (κ3) is 5.85. The number of carboxylic acids is 1. The number of aliphatic carboxylic acids is 1. The van der Waals surface area contributed by atoms with Crippen LogP contribution in [0.25, 0.3) is 0 Å². The van der Waals surface area contributed by atoms with Crippen molar-refractivity contribution < 1.29 is 24.6 Å². The van der Waals surface area contributed by atoms with Crippen LogP contribution >= 0.6 is 0 Å². The summed E-state index contributed by atoms with van der Waals surface area (Å²) in [7, 11) is 1.54. The second-order valence-corrected chi connectivity index (χ2v) is 4.12. The zero-order valence-corrected chi connectivity index (χ0v) is 10.8. The van der Waals surface area contributed by atoms with Crippen LogP contribution in [0.1, 0.15) is 20.3 Å². The number of ketones is 2. The first kappa shape index (κ1) is 16.7. The summed E-state index contributed by atoms with van der Waals surface area (Å²) in [6.45, 7) is 2.56. The highest BCUT2D eigenvalue weighted by Gasteiger charge is 2.24. The lowest BCUT2D eigenvalue weighted by atomic mass is 10.1. The number of aliphatic hydroxyl groups is 1. The zero-order valence-electron chi connectivity index (χ0n) is 10.8. The summed E-state index contributed by atoms with van der Waals surface area (Å²) in [5.74, 6) is -1.79. The molecule has 1 unspecified atom stereocenters. The van der Waals surface area contributed by atoms with Crippen LogP contribution in [0, 0.1) is 0 Å². The number of hydrogen-bond acceptors (Lipinski definition) is 6. The number of rotatable bonds is 9. The van der Waals surface area contributed by atoms with E-state index in [0.717, 1.165) is 0 Å². The van der Waals surface area contributed by atoms with Crippen molar-refractivity contribution in [3.63, 3.8) is 0 Å². The molecule has 0 aromatic rings. The minimum atomic E-state index is -1.11. The molecular formula is C11H20N2O5. The molecule has 0 aliphatic heterocycles. The molecule has 0 amide bonds. The second kappa shape index (κ2) is 7.91. The van der Waals surface area contributed by atoms with Crippen molar-refractivity contribution >= 4 is 17.5 Å². The quantitative estimate of drug-likeness (QED) is 0.400. The number of carbonyl (C=O) groups is 3. The molecule has 0 fully saturated rings. The molecule has 0 saturated carbocycles. The van der Waals surface area contributed by atoms with Gasteiger partial charge in [0.05, 0.1) is 31.2 Å². The maximum Gasteiger partial charge on any atom is 0.305 e. The van der Waals surface area contributed by atoms with Gasteiger partial charge in [-0.25, -0.2) is 0 Å². The number of likely N-dealkylation sites (N-methyl/N-ethyl adjacent to an activating group) is 1. The molecule has 0 aliphatic carbocycles. The van der Waals surface area contributed by atoms with E-state index in [1.165, 1.54) is 20.9 Å². The Morgan fingerprint density at radius 2 is 1.83 bits per heavy atom. The van der Waals surface area contributed by atoms with E-state index in [-0.39, 0.29) is 24.5 Å². The summed E-state index contributed by atoms with van der Waals surface area (Å²) in [5, 5.41) is 23.2. The molecule has 7 nitrogen and oxygen atoms in total. The van der Waals surface area contributed by atoms with Crippen LogP contribution in [0.15, 0.2) is 0 Å². The van der Waals surface area contributed by atoms with Crippen LogP contribution in [0.3, 0.4) is 0 Å². The largest absolute Gasteiger partial charge is 0.481 e. The Hall–Kier alpha value is -1.31. The Bertz CT molecular complexity index is 317. The lowest BCUT2D eigenvalue weighted by Gasteiger charge is -2.19. The fraction of sp³-hybridized carbons (Fsp3) is 0.727. The van der Waals surface area contributed by atoms with Crippen molar-refractivity contribution in [2.24, 2.45) is 0 Å².